The van der Waals surface area contributed by atoms with Crippen molar-refractivity contribution in [2.45, 2.75) is 72.2 Å². The van der Waals surface area contributed by atoms with Gasteiger partial charge < -0.3 is 14.2 Å². The van der Waals surface area contributed by atoms with Crippen LogP contribution in [0, 0.1) is 17.3 Å². The van der Waals surface area contributed by atoms with Gasteiger partial charge in [-0.05, 0) is 46.0 Å². The summed E-state index contributed by atoms with van der Waals surface area (Å²) in [5.74, 6) is -1.36. The van der Waals surface area contributed by atoms with Gasteiger partial charge in [-0.2, -0.15) is 0 Å². The van der Waals surface area contributed by atoms with E-state index >= 15 is 0 Å². The van der Waals surface area contributed by atoms with E-state index in [2.05, 4.69) is 6.92 Å². The Hall–Kier alpha value is -2.22. The van der Waals surface area contributed by atoms with Crippen LogP contribution in [-0.4, -0.2) is 46.7 Å². The molecule has 0 aromatic carbocycles. The summed E-state index contributed by atoms with van der Waals surface area (Å²) in [7, 11) is -1.24. The van der Waals surface area contributed by atoms with Crippen molar-refractivity contribution < 1.29 is 32.8 Å². The molecule has 7 nitrogen and oxygen atoms in total. The van der Waals surface area contributed by atoms with Crippen molar-refractivity contribution in [2.75, 3.05) is 6.26 Å². The molecule has 0 spiro atoms. The van der Waals surface area contributed by atoms with Crippen LogP contribution in [0.1, 0.15) is 53.9 Å². The highest BCUT2D eigenvalue weighted by molar-refractivity contribution is 7.87. The lowest BCUT2D eigenvalue weighted by Gasteiger charge is -2.56. The number of carbonyl (C=O) groups excluding carboxylic acids is 3. The first-order valence-corrected chi connectivity index (χ1v) is 12.6. The average molecular weight is 465 g/mol. The first-order valence-electron chi connectivity index (χ1n) is 11.0. The molecule has 0 aromatic heterocycles. The normalized spacial score (nSPS) is 35.8. The lowest BCUT2D eigenvalue weighted by molar-refractivity contribution is -0.184. The van der Waals surface area contributed by atoms with Crippen molar-refractivity contribution in [3.8, 4) is 0 Å². The fourth-order valence-corrected chi connectivity index (χ4v) is 5.61. The van der Waals surface area contributed by atoms with Crippen molar-refractivity contribution in [3.63, 3.8) is 0 Å². The van der Waals surface area contributed by atoms with E-state index in [-0.39, 0.29) is 17.8 Å². The molecule has 32 heavy (non-hydrogen) atoms. The van der Waals surface area contributed by atoms with Gasteiger partial charge in [0.05, 0.1) is 0 Å². The molecule has 2 saturated carbocycles. The second-order valence-corrected chi connectivity index (χ2v) is 10.4. The van der Waals surface area contributed by atoms with Crippen LogP contribution in [0.2, 0.25) is 0 Å². The maximum absolute atomic E-state index is 12.8. The Kier molecular flexibility index (Phi) is 7.12. The van der Waals surface area contributed by atoms with Crippen LogP contribution in [0.4, 0.5) is 0 Å². The predicted octanol–water partition coefficient (Wildman–Crippen LogP) is 3.37. The Bertz CT molecular complexity index is 931. The van der Waals surface area contributed by atoms with Crippen molar-refractivity contribution in [3.05, 3.63) is 34.3 Å². The number of rotatable bonds is 5. The molecular formula is C24H32O7S. The Morgan fingerprint density at radius 1 is 1.25 bits per heavy atom. The number of hydrogen-bond donors (Lipinski definition) is 0. The minimum atomic E-state index is -1.24. The van der Waals surface area contributed by atoms with E-state index in [1.165, 1.54) is 17.7 Å². The predicted molar refractivity (Wildman–Crippen MR) is 120 cm³/mol. The lowest BCUT2D eigenvalue weighted by atomic mass is 9.52. The molecule has 2 aliphatic carbocycles. The quantitative estimate of drug-likeness (QED) is 0.350. The van der Waals surface area contributed by atoms with Crippen LogP contribution in [0.25, 0.3) is 0 Å². The zero-order valence-electron chi connectivity index (χ0n) is 19.5. The molecule has 0 amide bonds. The summed E-state index contributed by atoms with van der Waals surface area (Å²) >= 11 is 0. The van der Waals surface area contributed by atoms with E-state index in [1.807, 2.05) is 6.92 Å². The Balaban J connectivity index is 1.97. The largest absolute Gasteiger partial charge is 0.459 e. The van der Waals surface area contributed by atoms with Gasteiger partial charge in [0, 0.05) is 56.6 Å². The fourth-order valence-electron chi connectivity index (χ4n) is 5.31. The molecule has 3 rings (SSSR count). The summed E-state index contributed by atoms with van der Waals surface area (Å²) in [6.07, 6.45) is 4.99. The van der Waals surface area contributed by atoms with Crippen LogP contribution in [-0.2, 0) is 39.4 Å². The number of carbonyl (C=O) groups is 3. The fraction of sp³-hybridized carbons (Fsp3) is 0.625. The third-order valence-electron chi connectivity index (χ3n) is 7.54. The standard InChI is InChI=1S/C24H32O7S/c1-7-13(2)22(26)31-21-20-14(3)23(27)30-18(20)12-16-8-9-17(15(4)24(16,21)5)29-19(25)10-11-32(6)28/h7,10-11,15-18,21H,8-9,12H2,1-6H3/b11-10+,13-7-/t15-,16+,17-,18+,21+,24+,32-/m0/s1. The Labute approximate surface area is 191 Å². The first kappa shape index (κ1) is 24.4. The smallest absolute Gasteiger partial charge is 0.334 e. The molecule has 0 radical (unpaired) electrons. The second-order valence-electron chi connectivity index (χ2n) is 9.17. The molecular weight excluding hydrogens is 432 g/mol. The molecule has 176 valence electrons. The molecule has 8 heteroatoms. The van der Waals surface area contributed by atoms with E-state index in [4.69, 9.17) is 14.2 Å². The van der Waals surface area contributed by atoms with Gasteiger partial charge in [-0.25, -0.2) is 14.4 Å². The number of allylic oxidation sites excluding steroid dienone is 1. The number of esters is 3. The summed E-state index contributed by atoms with van der Waals surface area (Å²) in [5.41, 5.74) is 1.15. The topological polar surface area (TPSA) is 96.0 Å². The maximum Gasteiger partial charge on any atom is 0.334 e. The van der Waals surface area contributed by atoms with Crippen molar-refractivity contribution in [2.24, 2.45) is 17.3 Å². The molecule has 0 saturated heterocycles. The highest BCUT2D eigenvalue weighted by Crippen LogP contribution is 2.58. The van der Waals surface area contributed by atoms with Gasteiger partial charge in [-0.1, -0.05) is 19.9 Å². The Morgan fingerprint density at radius 2 is 1.94 bits per heavy atom. The summed E-state index contributed by atoms with van der Waals surface area (Å²) in [6.45, 7) is 9.24. The van der Waals surface area contributed by atoms with Gasteiger partial charge in [0.2, 0.25) is 0 Å². The summed E-state index contributed by atoms with van der Waals surface area (Å²) in [4.78, 5) is 37.4. The third kappa shape index (κ3) is 4.34. The SMILES string of the molecule is C/C=C(/C)C(=O)O[C@@H]1C2=C(C)C(=O)O[C@@H]2C[C@H]2CC[C@H](OC(=O)/C=C/[S@](C)=O)[C@H](C)[C@]21C. The maximum atomic E-state index is 12.8. The van der Waals surface area contributed by atoms with Gasteiger partial charge in [0.1, 0.15) is 18.3 Å². The molecule has 0 bridgehead atoms. The second kappa shape index (κ2) is 9.33. The van der Waals surface area contributed by atoms with E-state index in [0.717, 1.165) is 12.0 Å². The monoisotopic (exact) mass is 464 g/mol. The highest BCUT2D eigenvalue weighted by Gasteiger charge is 2.61. The Morgan fingerprint density at radius 3 is 2.56 bits per heavy atom. The molecule has 0 unspecified atom stereocenters. The van der Waals surface area contributed by atoms with Crippen molar-refractivity contribution >= 4 is 28.7 Å². The molecule has 0 N–H and O–H groups in total. The zero-order chi connectivity index (χ0) is 23.8. The van der Waals surface area contributed by atoms with Crippen molar-refractivity contribution in [1.82, 2.24) is 0 Å². The van der Waals surface area contributed by atoms with E-state index < -0.39 is 46.5 Å². The van der Waals surface area contributed by atoms with Gasteiger partial charge >= 0.3 is 17.9 Å². The number of fused-ring (bicyclic) bond motifs is 2. The first-order chi connectivity index (χ1) is 15.0. The van der Waals surface area contributed by atoms with Crippen LogP contribution in [0.3, 0.4) is 0 Å². The van der Waals surface area contributed by atoms with Crippen LogP contribution in [0.5, 0.6) is 0 Å². The summed E-state index contributed by atoms with van der Waals surface area (Å²) in [6, 6.07) is 0. The number of ether oxygens (including phenoxy) is 3. The molecule has 3 aliphatic rings. The summed E-state index contributed by atoms with van der Waals surface area (Å²) in [5, 5.41) is 1.30. The third-order valence-corrected chi connectivity index (χ3v) is 8.06. The summed E-state index contributed by atoms with van der Waals surface area (Å²) < 4.78 is 28.6. The minimum Gasteiger partial charge on any atom is -0.459 e. The van der Waals surface area contributed by atoms with Gasteiger partial charge in [-0.15, -0.1) is 0 Å². The van der Waals surface area contributed by atoms with Crippen LogP contribution in [0.15, 0.2) is 34.3 Å². The highest BCUT2D eigenvalue weighted by atomic mass is 32.2. The molecule has 1 aliphatic heterocycles. The molecule has 0 aromatic rings. The van der Waals surface area contributed by atoms with E-state index in [1.54, 1.807) is 26.8 Å². The van der Waals surface area contributed by atoms with Crippen LogP contribution >= 0.6 is 0 Å². The van der Waals surface area contributed by atoms with Crippen LogP contribution < -0.4 is 0 Å². The van der Waals surface area contributed by atoms with Gasteiger partial charge in [0.15, 0.2) is 0 Å². The minimum absolute atomic E-state index is 0.127. The van der Waals surface area contributed by atoms with Crippen molar-refractivity contribution in [1.29, 1.82) is 0 Å². The van der Waals surface area contributed by atoms with E-state index in [9.17, 15) is 18.6 Å². The molecule has 1 heterocycles. The average Bonchev–Trinajstić information content (AvgIpc) is 3.02. The molecule has 7 atom stereocenters. The number of hydrogen-bond acceptors (Lipinski definition) is 7. The lowest BCUT2D eigenvalue weighted by Crippen LogP contribution is -2.58. The van der Waals surface area contributed by atoms with Gasteiger partial charge in [-0.3, -0.25) is 4.21 Å². The molecule has 2 fully saturated rings. The zero-order valence-corrected chi connectivity index (χ0v) is 20.3. The van der Waals surface area contributed by atoms with E-state index in [0.29, 0.717) is 24.0 Å². The van der Waals surface area contributed by atoms with Gasteiger partial charge in [0.25, 0.3) is 0 Å².